The maximum Gasteiger partial charge on any atom is 0.412 e. The van der Waals surface area contributed by atoms with Crippen molar-refractivity contribution in [2.24, 2.45) is 11.7 Å². The number of phenolic OH excluding ortho intramolecular Hbond substituents is 2. The molecule has 6 aliphatic rings. The van der Waals surface area contributed by atoms with Gasteiger partial charge in [-0.3, -0.25) is 38.4 Å². The molecule has 6 heterocycles. The number of aliphatic hydroxyl groups excluding tert-OH is 6. The summed E-state index contributed by atoms with van der Waals surface area (Å²) in [5, 5.41) is 115. The largest absolute Gasteiger partial charge is 0.507 e. The van der Waals surface area contributed by atoms with Gasteiger partial charge in [0.15, 0.2) is 11.5 Å². The number of nitrogens with two attached hydrogens (primary N) is 1. The number of halogens is 2. The van der Waals surface area contributed by atoms with Gasteiger partial charge in [-0.1, -0.05) is 81.4 Å². The second kappa shape index (κ2) is 35.6. The van der Waals surface area contributed by atoms with Gasteiger partial charge >= 0.3 is 6.09 Å². The van der Waals surface area contributed by atoms with E-state index >= 15 is 19.2 Å². The second-order valence-corrected chi connectivity index (χ2v) is 27.5. The molecule has 0 aromatic heterocycles. The van der Waals surface area contributed by atoms with Crippen LogP contribution in [0, 0.1) is 5.92 Å². The van der Waals surface area contributed by atoms with Crippen molar-refractivity contribution in [1.29, 1.82) is 0 Å². The van der Waals surface area contributed by atoms with Gasteiger partial charge in [0, 0.05) is 30.3 Å². The van der Waals surface area contributed by atoms with E-state index in [0.717, 1.165) is 79.9 Å². The Morgan fingerprint density at radius 3 is 1.90 bits per heavy atom. The lowest BCUT2D eigenvalue weighted by atomic mass is 9.89. The first kappa shape index (κ1) is 80.4. The minimum atomic E-state index is -2.32. The van der Waals surface area contributed by atoms with Crippen LogP contribution in [0.15, 0.2) is 78.9 Å². The summed E-state index contributed by atoms with van der Waals surface area (Å²) in [5.41, 5.74) is 3.47. The van der Waals surface area contributed by atoms with Crippen molar-refractivity contribution in [2.45, 2.75) is 151 Å². The molecule has 0 unspecified atom stereocenters. The van der Waals surface area contributed by atoms with Crippen LogP contribution < -0.4 is 72.5 Å². The summed E-state index contributed by atoms with van der Waals surface area (Å²) in [4.78, 5) is 135. The van der Waals surface area contributed by atoms with Crippen LogP contribution in [0.4, 0.5) is 4.79 Å². The highest BCUT2D eigenvalue weighted by molar-refractivity contribution is 6.32. The van der Waals surface area contributed by atoms with Crippen LogP contribution in [0.1, 0.15) is 124 Å². The number of nitrogens with zero attached hydrogens (tertiary/aromatic N) is 1. The standard InChI is InChI=1S/C71H87Cl2N11O22/c1-7-8-9-10-18-77-71(101)102-36-27-38-51(44(87)28-36)37-22-32(12-15-43(37)86)52-66(97)83-56(69(100)81-54(38)65(96)76-19-11-20-84(5)6)58(90)34-14-17-46(40(73)24-34)104-48-26-35-25-47(62(48)106-70-61(93)60(92)59(91)49(30-85)105-70)103-45-16-13-33(23-39(45)72)57(89)55(82-63(94)41(75-4)21-31(2)3)68(99)78-42(29-50(74)88)64(95)79-53(35)67(98)80-52/h12-17,22-28,31,41-42,49,52-61,70,75,85-87,89-93H,7-11,18-21,29-30H2,1-6H3,(H2,74,88)(H,76,96)(H,77,101)(H,78,99)(H,79,95)(H,80,98)(H,81,100)(H,82,94)(H,83,97)/t41-,42+,49-,52-,53-,54+,55-,56+,57-,58-,59-,60+,61-,70+/m1/s1. The fraction of sp³-hybridized carbons (Fsp3) is 0.451. The van der Waals surface area contributed by atoms with Crippen LogP contribution in [0.5, 0.6) is 46.0 Å². The lowest BCUT2D eigenvalue weighted by Crippen LogP contribution is -2.60. The number of amides is 9. The first-order valence-corrected chi connectivity index (χ1v) is 35.0. The number of ether oxygens (including phenoxy) is 5. The number of likely N-dealkylation sites (N-methyl/N-ethyl adjacent to an activating group) is 1. The molecule has 14 atom stereocenters. The molecule has 35 heteroatoms. The lowest BCUT2D eigenvalue weighted by molar-refractivity contribution is -0.277. The molecular weight excluding hydrogens is 1430 g/mol. The fourth-order valence-corrected chi connectivity index (χ4v) is 12.8. The number of carbonyl (C=O) groups is 9. The summed E-state index contributed by atoms with van der Waals surface area (Å²) in [6.07, 6.45) is -12.3. The van der Waals surface area contributed by atoms with Crippen molar-refractivity contribution in [3.8, 4) is 57.1 Å². The summed E-state index contributed by atoms with van der Waals surface area (Å²) in [6.45, 7) is 5.37. The molecule has 0 aliphatic carbocycles. The Labute approximate surface area is 618 Å². The topological polar surface area (TPSA) is 499 Å². The predicted molar refractivity (Wildman–Crippen MR) is 378 cm³/mol. The Morgan fingerprint density at radius 1 is 0.660 bits per heavy atom. The minimum Gasteiger partial charge on any atom is -0.507 e. The van der Waals surface area contributed by atoms with Crippen molar-refractivity contribution in [1.82, 2.24) is 52.8 Å². The molecule has 0 saturated carbocycles. The number of benzene rings is 5. The average Bonchev–Trinajstić information content (AvgIpc) is 0.763. The van der Waals surface area contributed by atoms with Gasteiger partial charge in [0.1, 0.15) is 102 Å². The molecule has 11 bridgehead atoms. The highest BCUT2D eigenvalue weighted by atomic mass is 35.5. The quantitative estimate of drug-likeness (QED) is 0.0466. The van der Waals surface area contributed by atoms with Gasteiger partial charge in [-0.05, 0) is 135 Å². The SMILES string of the molecule is CCCCCCNC(=O)Oc1cc(O)c2c(c1)[C@@H](C(=O)NCCCN(C)C)NC(=O)[C@H]1NC(=O)[C@H](NC(=O)[C@@H]3NC(=O)[C@H](CC(N)=O)NC(=O)[C@H](NC(=O)[C@@H](CC(C)C)NC)[C@H](O)c4ccc(c(Cl)c4)Oc4cc3cc(c4O[C@@H]3O[C@H](CO)[C@@H](O)[C@H](O)[C@H]3O)Oc3ccc(cc3Cl)[C@H]1O)c1ccc(O)c-2c1. The van der Waals surface area contributed by atoms with Crippen molar-refractivity contribution in [3.05, 3.63) is 117 Å². The second-order valence-electron chi connectivity index (χ2n) is 26.6. The number of phenols is 2. The molecule has 6 aliphatic heterocycles. The van der Waals surface area contributed by atoms with E-state index < -0.39 is 196 Å². The van der Waals surface area contributed by atoms with E-state index in [-0.39, 0.29) is 75.5 Å². The van der Waals surface area contributed by atoms with Crippen LogP contribution in [-0.4, -0.2) is 201 Å². The number of rotatable bonds is 21. The van der Waals surface area contributed by atoms with Crippen LogP contribution >= 0.6 is 23.2 Å². The van der Waals surface area contributed by atoms with Crippen LogP contribution in [0.2, 0.25) is 10.0 Å². The van der Waals surface area contributed by atoms with Crippen LogP contribution in [-0.2, 0) is 43.1 Å². The van der Waals surface area contributed by atoms with Crippen molar-refractivity contribution in [3.63, 3.8) is 0 Å². The van der Waals surface area contributed by atoms with Crippen molar-refractivity contribution >= 4 is 76.6 Å². The number of fused-ring (bicyclic) bond motifs is 15. The summed E-state index contributed by atoms with van der Waals surface area (Å²) in [5.74, 6) is -14.3. The third-order valence-electron chi connectivity index (χ3n) is 18.0. The Kier molecular flexibility index (Phi) is 27.0. The van der Waals surface area contributed by atoms with Crippen molar-refractivity contribution < 1.29 is 108 Å². The molecule has 0 spiro atoms. The number of nitrogens with one attached hydrogen (secondary N) is 9. The summed E-state index contributed by atoms with van der Waals surface area (Å²) >= 11 is 14.1. The van der Waals surface area contributed by atoms with Gasteiger partial charge in [0.25, 0.3) is 0 Å². The highest BCUT2D eigenvalue weighted by Crippen LogP contribution is 2.49. The molecule has 0 radical (unpaired) electrons. The zero-order valence-corrected chi connectivity index (χ0v) is 60.0. The molecule has 572 valence electrons. The number of aliphatic hydroxyl groups is 6. The number of unbranched alkanes of at least 4 members (excludes halogenated alkanes) is 3. The first-order chi connectivity index (χ1) is 50.4. The van der Waals surface area contributed by atoms with Gasteiger partial charge in [-0.15, -0.1) is 0 Å². The third-order valence-corrected chi connectivity index (χ3v) is 18.6. The summed E-state index contributed by atoms with van der Waals surface area (Å²) < 4.78 is 30.8. The predicted octanol–water partition coefficient (Wildman–Crippen LogP) is 1.82. The monoisotopic (exact) mass is 1520 g/mol. The zero-order valence-electron chi connectivity index (χ0n) is 58.5. The van der Waals surface area contributed by atoms with Gasteiger partial charge in [0.2, 0.25) is 59.3 Å². The molecule has 106 heavy (non-hydrogen) atoms. The smallest absolute Gasteiger partial charge is 0.412 e. The molecule has 11 rings (SSSR count). The Morgan fingerprint density at radius 2 is 1.28 bits per heavy atom. The fourth-order valence-electron chi connectivity index (χ4n) is 12.4. The minimum absolute atomic E-state index is 0.0109. The van der Waals surface area contributed by atoms with Gasteiger partial charge in [-0.2, -0.15) is 0 Å². The average molecular weight is 1520 g/mol. The maximum atomic E-state index is 16.1. The van der Waals surface area contributed by atoms with E-state index in [1.807, 2.05) is 25.7 Å². The van der Waals surface area contributed by atoms with Crippen LogP contribution in [0.25, 0.3) is 11.1 Å². The molecule has 1 fully saturated rings. The Bertz CT molecular complexity index is 4110. The van der Waals surface area contributed by atoms with E-state index in [4.69, 9.17) is 52.6 Å². The molecule has 33 nitrogen and oxygen atoms in total. The Balaban J connectivity index is 1.30. The molecule has 9 amide bonds. The van der Waals surface area contributed by atoms with Crippen LogP contribution in [0.3, 0.4) is 0 Å². The highest BCUT2D eigenvalue weighted by Gasteiger charge is 2.47. The van der Waals surface area contributed by atoms with E-state index in [0.29, 0.717) is 19.4 Å². The molecule has 19 N–H and O–H groups in total. The number of hydrogen-bond donors (Lipinski definition) is 18. The van der Waals surface area contributed by atoms with E-state index in [9.17, 15) is 64.8 Å². The van der Waals surface area contributed by atoms with E-state index in [1.165, 1.54) is 25.2 Å². The van der Waals surface area contributed by atoms with Gasteiger partial charge in [-0.25, -0.2) is 4.79 Å². The normalized spacial score (nSPS) is 24.2. The number of primary amides is 1. The maximum absolute atomic E-state index is 16.1. The lowest BCUT2D eigenvalue weighted by Gasteiger charge is -2.39. The molecule has 5 aromatic carbocycles. The number of hydrogen-bond acceptors (Lipinski definition) is 24. The summed E-state index contributed by atoms with van der Waals surface area (Å²) in [7, 11) is 5.07. The molecular formula is C71H87Cl2N11O22. The molecule has 1 saturated heterocycles. The third kappa shape index (κ3) is 19.1. The van der Waals surface area contributed by atoms with Gasteiger partial charge in [0.05, 0.1) is 29.1 Å². The van der Waals surface area contributed by atoms with E-state index in [1.54, 1.807) is 14.1 Å². The van der Waals surface area contributed by atoms with Gasteiger partial charge < -0.3 is 123 Å². The van der Waals surface area contributed by atoms with Crippen molar-refractivity contribution in [2.75, 3.05) is 47.4 Å². The number of aromatic hydroxyl groups is 2. The summed E-state index contributed by atoms with van der Waals surface area (Å²) in [6, 6.07) is 0.629. The number of carbonyl (C=O) groups excluding carboxylic acids is 9. The van der Waals surface area contributed by atoms with E-state index in [2.05, 4.69) is 47.9 Å². The molecule has 5 aromatic rings. The first-order valence-electron chi connectivity index (χ1n) is 34.2. The Hall–Kier alpha value is -9.65. The zero-order chi connectivity index (χ0) is 77.1.